The van der Waals surface area contributed by atoms with Crippen LogP contribution in [0.1, 0.15) is 11.1 Å². The van der Waals surface area contributed by atoms with Gasteiger partial charge in [-0.2, -0.15) is 0 Å². The van der Waals surface area contributed by atoms with Crippen LogP contribution in [0.5, 0.6) is 0 Å². The molecule has 0 aliphatic carbocycles. The standard InChI is InChI=1S/C15H16FNO3S/c1-11-8-13(16)10-14(9-11)17-21(19,20)15-4-2-12(3-5-15)6-7-18/h2-5,8-10,17-18H,6-7H2,1H3. The number of hydrogen-bond donors (Lipinski definition) is 2. The number of hydrogen-bond acceptors (Lipinski definition) is 3. The Labute approximate surface area is 123 Å². The first kappa shape index (κ1) is 15.5. The largest absolute Gasteiger partial charge is 0.396 e. The van der Waals surface area contributed by atoms with E-state index < -0.39 is 15.8 Å². The van der Waals surface area contributed by atoms with E-state index in [-0.39, 0.29) is 17.2 Å². The molecule has 112 valence electrons. The number of benzene rings is 2. The predicted molar refractivity (Wildman–Crippen MR) is 79.2 cm³/mol. The monoisotopic (exact) mass is 309 g/mol. The van der Waals surface area contributed by atoms with E-state index in [9.17, 15) is 12.8 Å². The Bertz CT molecular complexity index is 707. The van der Waals surface area contributed by atoms with Crippen molar-refractivity contribution in [3.8, 4) is 0 Å². The second kappa shape index (κ2) is 6.24. The molecule has 0 radical (unpaired) electrons. The Kier molecular flexibility index (Phi) is 4.59. The van der Waals surface area contributed by atoms with Gasteiger partial charge in [-0.15, -0.1) is 0 Å². The van der Waals surface area contributed by atoms with Gasteiger partial charge in [-0.25, -0.2) is 12.8 Å². The first-order valence-corrected chi connectivity index (χ1v) is 7.89. The average Bonchev–Trinajstić information content (AvgIpc) is 2.38. The normalized spacial score (nSPS) is 11.4. The van der Waals surface area contributed by atoms with E-state index in [1.807, 2.05) is 0 Å². The van der Waals surface area contributed by atoms with Crippen LogP contribution in [0.15, 0.2) is 47.4 Å². The summed E-state index contributed by atoms with van der Waals surface area (Å²) in [6, 6.07) is 10.2. The van der Waals surface area contributed by atoms with Crippen molar-refractivity contribution in [2.75, 3.05) is 11.3 Å². The summed E-state index contributed by atoms with van der Waals surface area (Å²) in [4.78, 5) is 0.0890. The van der Waals surface area contributed by atoms with Crippen molar-refractivity contribution in [3.05, 3.63) is 59.4 Å². The van der Waals surface area contributed by atoms with Crippen LogP contribution in [0.2, 0.25) is 0 Å². The van der Waals surface area contributed by atoms with Crippen LogP contribution in [-0.4, -0.2) is 20.1 Å². The van der Waals surface area contributed by atoms with Gasteiger partial charge in [0.2, 0.25) is 0 Å². The van der Waals surface area contributed by atoms with E-state index in [1.54, 1.807) is 25.1 Å². The van der Waals surface area contributed by atoms with Crippen molar-refractivity contribution in [3.63, 3.8) is 0 Å². The zero-order valence-electron chi connectivity index (χ0n) is 11.5. The minimum absolute atomic E-state index is 0.00686. The minimum Gasteiger partial charge on any atom is -0.396 e. The Hall–Kier alpha value is -1.92. The molecule has 0 amide bonds. The van der Waals surface area contributed by atoms with E-state index in [0.29, 0.717) is 12.0 Å². The maximum Gasteiger partial charge on any atom is 0.261 e. The first-order valence-electron chi connectivity index (χ1n) is 6.40. The second-order valence-electron chi connectivity index (χ2n) is 4.74. The SMILES string of the molecule is Cc1cc(F)cc(NS(=O)(=O)c2ccc(CCO)cc2)c1. The molecule has 4 nitrogen and oxygen atoms in total. The molecular formula is C15H16FNO3S. The van der Waals surface area contributed by atoms with Crippen LogP contribution in [0.3, 0.4) is 0 Å². The summed E-state index contributed by atoms with van der Waals surface area (Å²) >= 11 is 0. The zero-order valence-corrected chi connectivity index (χ0v) is 12.3. The van der Waals surface area contributed by atoms with Gasteiger partial charge < -0.3 is 5.11 Å². The number of aliphatic hydroxyl groups excluding tert-OH is 1. The molecule has 0 saturated heterocycles. The molecule has 2 N–H and O–H groups in total. The van der Waals surface area contributed by atoms with Gasteiger partial charge in [0.05, 0.1) is 10.6 Å². The van der Waals surface area contributed by atoms with Crippen LogP contribution in [0, 0.1) is 12.7 Å². The number of nitrogens with one attached hydrogen (secondary N) is 1. The molecule has 0 spiro atoms. The van der Waals surface area contributed by atoms with Crippen LogP contribution in [-0.2, 0) is 16.4 Å². The summed E-state index contributed by atoms with van der Waals surface area (Å²) in [5.41, 5.74) is 1.66. The maximum atomic E-state index is 13.3. The molecule has 0 aromatic heterocycles. The number of aliphatic hydroxyl groups is 1. The minimum atomic E-state index is -3.76. The van der Waals surface area contributed by atoms with Gasteiger partial charge in [0.25, 0.3) is 10.0 Å². The molecule has 0 unspecified atom stereocenters. The zero-order chi connectivity index (χ0) is 15.5. The third-order valence-electron chi connectivity index (χ3n) is 2.93. The van der Waals surface area contributed by atoms with Crippen LogP contribution in [0.4, 0.5) is 10.1 Å². The fraction of sp³-hybridized carbons (Fsp3) is 0.200. The van der Waals surface area contributed by atoms with Gasteiger partial charge in [0.15, 0.2) is 0 Å². The average molecular weight is 309 g/mol. The van der Waals surface area contributed by atoms with Gasteiger partial charge in [0, 0.05) is 6.61 Å². The fourth-order valence-corrected chi connectivity index (χ4v) is 3.01. The molecule has 2 aromatic rings. The third kappa shape index (κ3) is 4.03. The maximum absolute atomic E-state index is 13.3. The van der Waals surface area contributed by atoms with Crippen molar-refractivity contribution in [1.82, 2.24) is 0 Å². The van der Waals surface area contributed by atoms with E-state index in [1.165, 1.54) is 18.2 Å². The number of aryl methyl sites for hydroxylation is 1. The van der Waals surface area contributed by atoms with Gasteiger partial charge >= 0.3 is 0 Å². The highest BCUT2D eigenvalue weighted by Gasteiger charge is 2.14. The Morgan fingerprint density at radius 1 is 1.14 bits per heavy atom. The summed E-state index contributed by atoms with van der Waals surface area (Å²) in [6.07, 6.45) is 0.469. The molecule has 0 fully saturated rings. The molecule has 0 bridgehead atoms. The molecular weight excluding hydrogens is 293 g/mol. The topological polar surface area (TPSA) is 66.4 Å². The predicted octanol–water partition coefficient (Wildman–Crippen LogP) is 2.47. The fourth-order valence-electron chi connectivity index (χ4n) is 1.97. The number of rotatable bonds is 5. The third-order valence-corrected chi connectivity index (χ3v) is 4.33. The molecule has 0 aliphatic heterocycles. The van der Waals surface area contributed by atoms with Crippen LogP contribution in [0.25, 0.3) is 0 Å². The highest BCUT2D eigenvalue weighted by molar-refractivity contribution is 7.92. The molecule has 0 saturated carbocycles. The molecule has 0 aliphatic rings. The lowest BCUT2D eigenvalue weighted by molar-refractivity contribution is 0.299. The molecule has 2 aromatic carbocycles. The van der Waals surface area contributed by atoms with E-state index >= 15 is 0 Å². The molecule has 0 heterocycles. The van der Waals surface area contributed by atoms with Crippen molar-refractivity contribution < 1.29 is 17.9 Å². The summed E-state index contributed by atoms with van der Waals surface area (Å²) < 4.78 is 40.1. The first-order chi connectivity index (χ1) is 9.90. The Balaban J connectivity index is 2.25. The smallest absolute Gasteiger partial charge is 0.261 e. The summed E-state index contributed by atoms with van der Waals surface area (Å²) in [5, 5.41) is 8.83. The Morgan fingerprint density at radius 3 is 2.38 bits per heavy atom. The molecule has 21 heavy (non-hydrogen) atoms. The van der Waals surface area contributed by atoms with Crippen LogP contribution < -0.4 is 4.72 Å². The lowest BCUT2D eigenvalue weighted by Crippen LogP contribution is -2.13. The highest BCUT2D eigenvalue weighted by atomic mass is 32.2. The van der Waals surface area contributed by atoms with Gasteiger partial charge in [-0.05, 0) is 54.8 Å². The molecule has 0 atom stereocenters. The van der Waals surface area contributed by atoms with Crippen molar-refractivity contribution in [1.29, 1.82) is 0 Å². The van der Waals surface area contributed by atoms with Crippen molar-refractivity contribution in [2.24, 2.45) is 0 Å². The lowest BCUT2D eigenvalue weighted by atomic mass is 10.2. The van der Waals surface area contributed by atoms with Crippen LogP contribution >= 0.6 is 0 Å². The lowest BCUT2D eigenvalue weighted by Gasteiger charge is -2.09. The van der Waals surface area contributed by atoms with Gasteiger partial charge in [0.1, 0.15) is 5.82 Å². The quantitative estimate of drug-likeness (QED) is 0.891. The number of sulfonamides is 1. The number of halogens is 1. The molecule has 6 heteroatoms. The summed E-state index contributed by atoms with van der Waals surface area (Å²) in [7, 11) is -3.76. The summed E-state index contributed by atoms with van der Waals surface area (Å²) in [5.74, 6) is -0.494. The summed E-state index contributed by atoms with van der Waals surface area (Å²) in [6.45, 7) is 1.69. The number of anilines is 1. The van der Waals surface area contributed by atoms with E-state index in [0.717, 1.165) is 11.6 Å². The highest BCUT2D eigenvalue weighted by Crippen LogP contribution is 2.19. The van der Waals surface area contributed by atoms with Crippen molar-refractivity contribution in [2.45, 2.75) is 18.2 Å². The van der Waals surface area contributed by atoms with E-state index in [4.69, 9.17) is 5.11 Å². The van der Waals surface area contributed by atoms with Gasteiger partial charge in [-0.3, -0.25) is 4.72 Å². The van der Waals surface area contributed by atoms with E-state index in [2.05, 4.69) is 4.72 Å². The molecule has 2 rings (SSSR count). The van der Waals surface area contributed by atoms with Gasteiger partial charge in [-0.1, -0.05) is 12.1 Å². The van der Waals surface area contributed by atoms with Crippen molar-refractivity contribution >= 4 is 15.7 Å². The Morgan fingerprint density at radius 2 is 1.81 bits per heavy atom. The second-order valence-corrected chi connectivity index (χ2v) is 6.42.